The molecule has 1 atom stereocenters. The number of anilines is 2. The summed E-state index contributed by atoms with van der Waals surface area (Å²) in [6, 6.07) is 8.41. The fourth-order valence-electron chi connectivity index (χ4n) is 3.15. The van der Waals surface area contributed by atoms with Gasteiger partial charge in [-0.1, -0.05) is 11.6 Å². The van der Waals surface area contributed by atoms with Crippen LogP contribution in [0.4, 0.5) is 20.6 Å². The van der Waals surface area contributed by atoms with Gasteiger partial charge in [0, 0.05) is 25.0 Å². The van der Waals surface area contributed by atoms with E-state index in [0.717, 1.165) is 17.8 Å². The Bertz CT molecular complexity index is 811. The van der Waals surface area contributed by atoms with Crippen molar-refractivity contribution in [1.29, 1.82) is 0 Å². The third kappa shape index (κ3) is 4.69. The molecule has 0 unspecified atom stereocenters. The largest absolute Gasteiger partial charge is 0.444 e. The van der Waals surface area contributed by atoms with Gasteiger partial charge in [0.25, 0.3) is 0 Å². The lowest BCUT2D eigenvalue weighted by molar-refractivity contribution is 0.0293. The van der Waals surface area contributed by atoms with Crippen molar-refractivity contribution in [2.24, 2.45) is 0 Å². The van der Waals surface area contributed by atoms with E-state index in [0.29, 0.717) is 13.1 Å². The molecule has 1 aliphatic rings. The number of amides is 1. The zero-order chi connectivity index (χ0) is 19.6. The van der Waals surface area contributed by atoms with Crippen LogP contribution in [-0.2, 0) is 4.74 Å². The molecule has 5 nitrogen and oxygen atoms in total. The van der Waals surface area contributed by atoms with Gasteiger partial charge in [-0.15, -0.1) is 0 Å². The number of benzene rings is 1. The number of rotatable bonds is 3. The SMILES string of the molecule is CC(C)(C)OC(=O)N1CC[C@H](N(c2cccnc2)c2ccc(F)c(Cl)c2)C1. The first-order valence-corrected chi connectivity index (χ1v) is 9.24. The summed E-state index contributed by atoms with van der Waals surface area (Å²) in [5.74, 6) is -0.464. The predicted molar refractivity (Wildman–Crippen MR) is 104 cm³/mol. The van der Waals surface area contributed by atoms with Crippen LogP contribution >= 0.6 is 11.6 Å². The Balaban J connectivity index is 1.86. The first-order valence-electron chi connectivity index (χ1n) is 8.87. The molecule has 27 heavy (non-hydrogen) atoms. The molecule has 1 fully saturated rings. The average Bonchev–Trinajstić information content (AvgIpc) is 3.08. The number of ether oxygens (including phenoxy) is 1. The molecular formula is C20H23ClFN3O2. The van der Waals surface area contributed by atoms with Crippen molar-refractivity contribution in [3.63, 3.8) is 0 Å². The molecule has 0 bridgehead atoms. The first kappa shape index (κ1) is 19.4. The first-order chi connectivity index (χ1) is 12.7. The summed E-state index contributed by atoms with van der Waals surface area (Å²) in [5.41, 5.74) is 1.07. The number of aromatic nitrogens is 1. The molecule has 1 aromatic carbocycles. The Hall–Kier alpha value is -2.34. The van der Waals surface area contributed by atoms with Gasteiger partial charge in [0.05, 0.1) is 22.9 Å². The average molecular weight is 392 g/mol. The molecule has 1 amide bonds. The minimum Gasteiger partial charge on any atom is -0.444 e. The third-order valence-corrected chi connectivity index (χ3v) is 4.58. The molecule has 3 rings (SSSR count). The van der Waals surface area contributed by atoms with E-state index >= 15 is 0 Å². The quantitative estimate of drug-likeness (QED) is 0.736. The maximum atomic E-state index is 13.6. The Morgan fingerprint density at radius 1 is 1.33 bits per heavy atom. The lowest BCUT2D eigenvalue weighted by atomic mass is 10.1. The van der Waals surface area contributed by atoms with Gasteiger partial charge in [-0.3, -0.25) is 4.98 Å². The van der Waals surface area contributed by atoms with Crippen LogP contribution in [0.25, 0.3) is 0 Å². The minimum atomic E-state index is -0.539. The number of hydrogen-bond acceptors (Lipinski definition) is 4. The number of nitrogens with zero attached hydrogens (tertiary/aromatic N) is 3. The summed E-state index contributed by atoms with van der Waals surface area (Å²) in [6.45, 7) is 6.63. The predicted octanol–water partition coefficient (Wildman–Crippen LogP) is 5.02. The standard InChI is InChI=1S/C20H23ClFN3O2/c1-20(2,3)27-19(26)24-10-8-16(13-24)25(15-5-4-9-23-12-15)14-6-7-18(22)17(21)11-14/h4-7,9,11-12,16H,8,10,13H2,1-3H3/t16-/m0/s1. The van der Waals surface area contributed by atoms with Crippen LogP contribution in [0.2, 0.25) is 5.02 Å². The molecule has 0 aliphatic carbocycles. The molecule has 0 N–H and O–H groups in total. The molecular weight excluding hydrogens is 369 g/mol. The van der Waals surface area contributed by atoms with Gasteiger partial charge in [0.15, 0.2) is 0 Å². The zero-order valence-electron chi connectivity index (χ0n) is 15.7. The lowest BCUT2D eigenvalue weighted by Gasteiger charge is -2.31. The van der Waals surface area contributed by atoms with E-state index in [2.05, 4.69) is 4.98 Å². The van der Waals surface area contributed by atoms with E-state index in [4.69, 9.17) is 16.3 Å². The Labute approximate surface area is 163 Å². The van der Waals surface area contributed by atoms with E-state index in [-0.39, 0.29) is 17.2 Å². The van der Waals surface area contributed by atoms with Crippen molar-refractivity contribution in [1.82, 2.24) is 9.88 Å². The smallest absolute Gasteiger partial charge is 0.410 e. The van der Waals surface area contributed by atoms with Crippen molar-refractivity contribution in [3.8, 4) is 0 Å². The maximum absolute atomic E-state index is 13.6. The Morgan fingerprint density at radius 2 is 2.11 bits per heavy atom. The van der Waals surface area contributed by atoms with Crippen molar-refractivity contribution in [2.75, 3.05) is 18.0 Å². The number of likely N-dealkylation sites (tertiary alicyclic amines) is 1. The van der Waals surface area contributed by atoms with Crippen LogP contribution in [-0.4, -0.2) is 40.7 Å². The zero-order valence-corrected chi connectivity index (χ0v) is 16.4. The van der Waals surface area contributed by atoms with Crippen LogP contribution in [0.5, 0.6) is 0 Å². The summed E-state index contributed by atoms with van der Waals surface area (Å²) >= 11 is 6.00. The van der Waals surface area contributed by atoms with Crippen LogP contribution in [0, 0.1) is 5.82 Å². The molecule has 7 heteroatoms. The van der Waals surface area contributed by atoms with Crippen LogP contribution in [0.3, 0.4) is 0 Å². The van der Waals surface area contributed by atoms with Gasteiger partial charge in [-0.2, -0.15) is 0 Å². The number of halogens is 2. The molecule has 0 saturated carbocycles. The highest BCUT2D eigenvalue weighted by Crippen LogP contribution is 2.33. The van der Waals surface area contributed by atoms with E-state index in [1.54, 1.807) is 29.4 Å². The molecule has 2 aromatic rings. The van der Waals surface area contributed by atoms with Crippen molar-refractivity contribution >= 4 is 29.1 Å². The van der Waals surface area contributed by atoms with Gasteiger partial charge in [-0.25, -0.2) is 9.18 Å². The van der Waals surface area contributed by atoms with Crippen LogP contribution < -0.4 is 4.90 Å². The summed E-state index contributed by atoms with van der Waals surface area (Å²) in [4.78, 5) is 20.3. The fraction of sp³-hybridized carbons (Fsp3) is 0.400. The molecule has 0 spiro atoms. The second-order valence-corrected chi connectivity index (χ2v) is 7.96. The number of carbonyl (C=O) groups excluding carboxylic acids is 1. The fourth-order valence-corrected chi connectivity index (χ4v) is 3.32. The van der Waals surface area contributed by atoms with E-state index in [9.17, 15) is 9.18 Å². The monoisotopic (exact) mass is 391 g/mol. The van der Waals surface area contributed by atoms with E-state index in [1.807, 2.05) is 37.8 Å². The van der Waals surface area contributed by atoms with Crippen molar-refractivity contribution in [3.05, 3.63) is 53.6 Å². The van der Waals surface area contributed by atoms with Gasteiger partial charge < -0.3 is 14.5 Å². The minimum absolute atomic E-state index is 0.00301. The Morgan fingerprint density at radius 3 is 2.74 bits per heavy atom. The molecule has 2 heterocycles. The molecule has 1 aromatic heterocycles. The summed E-state index contributed by atoms with van der Waals surface area (Å²) < 4.78 is 19.1. The molecule has 144 valence electrons. The summed E-state index contributed by atoms with van der Waals surface area (Å²) in [6.07, 6.45) is 3.87. The summed E-state index contributed by atoms with van der Waals surface area (Å²) in [7, 11) is 0. The third-order valence-electron chi connectivity index (χ3n) is 4.29. The van der Waals surface area contributed by atoms with Gasteiger partial charge in [0.1, 0.15) is 11.4 Å². The Kier molecular flexibility index (Phi) is 5.56. The molecule has 1 aliphatic heterocycles. The van der Waals surface area contributed by atoms with E-state index < -0.39 is 11.4 Å². The van der Waals surface area contributed by atoms with Crippen molar-refractivity contribution < 1.29 is 13.9 Å². The van der Waals surface area contributed by atoms with E-state index in [1.165, 1.54) is 6.07 Å². The van der Waals surface area contributed by atoms with Crippen LogP contribution in [0.15, 0.2) is 42.7 Å². The maximum Gasteiger partial charge on any atom is 0.410 e. The highest BCUT2D eigenvalue weighted by atomic mass is 35.5. The highest BCUT2D eigenvalue weighted by molar-refractivity contribution is 6.31. The number of carbonyl (C=O) groups is 1. The van der Waals surface area contributed by atoms with Gasteiger partial charge in [0.2, 0.25) is 0 Å². The highest BCUT2D eigenvalue weighted by Gasteiger charge is 2.34. The second kappa shape index (κ2) is 7.72. The van der Waals surface area contributed by atoms with Crippen LogP contribution in [0.1, 0.15) is 27.2 Å². The lowest BCUT2D eigenvalue weighted by Crippen LogP contribution is -2.39. The molecule has 1 saturated heterocycles. The topological polar surface area (TPSA) is 45.7 Å². The van der Waals surface area contributed by atoms with Crippen molar-refractivity contribution in [2.45, 2.75) is 38.8 Å². The number of pyridine rings is 1. The second-order valence-electron chi connectivity index (χ2n) is 7.55. The summed E-state index contributed by atoms with van der Waals surface area (Å²) in [5, 5.41) is 0.0587. The van der Waals surface area contributed by atoms with Gasteiger partial charge >= 0.3 is 6.09 Å². The van der Waals surface area contributed by atoms with Gasteiger partial charge in [-0.05, 0) is 57.5 Å². The number of hydrogen-bond donors (Lipinski definition) is 0. The molecule has 0 radical (unpaired) electrons. The normalized spacial score (nSPS) is 17.1.